The molecule has 3 rings (SSSR count). The number of carbonyl (C=O) groups excluding carboxylic acids is 1. The number of nitrogens with zero attached hydrogens (tertiary/aromatic N) is 1. The first kappa shape index (κ1) is 20.6. The van der Waals surface area contributed by atoms with Gasteiger partial charge < -0.3 is 24.4 Å². The lowest BCUT2D eigenvalue weighted by atomic mass is 9.85. The second-order valence-electron chi connectivity index (χ2n) is 6.89. The fourth-order valence-electron chi connectivity index (χ4n) is 4.13. The summed E-state index contributed by atoms with van der Waals surface area (Å²) in [6, 6.07) is 4.00. The van der Waals surface area contributed by atoms with Crippen LogP contribution in [0.2, 0.25) is 0 Å². The molecule has 0 spiro atoms. The quantitative estimate of drug-likeness (QED) is 0.845. The summed E-state index contributed by atoms with van der Waals surface area (Å²) >= 11 is 0. The largest absolute Gasteiger partial charge is 0.493 e. The number of rotatable bonds is 5. The Hall–Kier alpha value is -1.66. The van der Waals surface area contributed by atoms with Gasteiger partial charge in [0.15, 0.2) is 11.5 Å². The number of ether oxygens (including phenoxy) is 3. The van der Waals surface area contributed by atoms with Crippen molar-refractivity contribution < 1.29 is 19.0 Å². The van der Waals surface area contributed by atoms with Crippen LogP contribution in [0.5, 0.6) is 17.2 Å². The van der Waals surface area contributed by atoms with Crippen molar-refractivity contribution in [3.8, 4) is 17.2 Å². The van der Waals surface area contributed by atoms with E-state index in [2.05, 4.69) is 5.32 Å². The number of nitrogens with one attached hydrogen (secondary N) is 1. The summed E-state index contributed by atoms with van der Waals surface area (Å²) in [6.07, 6.45) is 5.89. The third-order valence-electron chi connectivity index (χ3n) is 5.53. The van der Waals surface area contributed by atoms with E-state index in [4.69, 9.17) is 14.2 Å². The Bertz CT molecular complexity index is 601. The van der Waals surface area contributed by atoms with E-state index in [9.17, 15) is 4.79 Å². The van der Waals surface area contributed by atoms with E-state index in [0.29, 0.717) is 29.2 Å². The minimum atomic E-state index is -0.114. The lowest BCUT2D eigenvalue weighted by Gasteiger charge is -2.24. The zero-order valence-electron chi connectivity index (χ0n) is 15.9. The first-order valence-electron chi connectivity index (χ1n) is 8.92. The molecular formula is C19H29ClN2O4. The van der Waals surface area contributed by atoms with Gasteiger partial charge in [-0.25, -0.2) is 0 Å². The maximum absolute atomic E-state index is 13.0. The number of hydrogen-bond donors (Lipinski definition) is 1. The molecular weight excluding hydrogens is 356 g/mol. The van der Waals surface area contributed by atoms with Crippen molar-refractivity contribution in [1.82, 2.24) is 5.32 Å². The summed E-state index contributed by atoms with van der Waals surface area (Å²) in [4.78, 5) is 14.7. The summed E-state index contributed by atoms with van der Waals surface area (Å²) in [5, 5.41) is 3.54. The van der Waals surface area contributed by atoms with Crippen molar-refractivity contribution in [2.45, 2.75) is 44.2 Å². The van der Waals surface area contributed by atoms with Gasteiger partial charge in [-0.3, -0.25) is 4.79 Å². The summed E-state index contributed by atoms with van der Waals surface area (Å²) < 4.78 is 16.1. The van der Waals surface area contributed by atoms with Crippen LogP contribution in [0.15, 0.2) is 12.1 Å². The fourth-order valence-corrected chi connectivity index (χ4v) is 4.13. The van der Waals surface area contributed by atoms with Crippen LogP contribution in [0.1, 0.15) is 32.1 Å². The standard InChI is InChI=1S/C19H28N2O4.ClH/c1-21(13-10-16(23-2)18(25-4)17(11-13)24-3)19(22)15-9-12-7-5-6-8-14(12)20-15;/h10-12,14-15,20H,5-9H2,1-4H3;1H. The van der Waals surface area contributed by atoms with Gasteiger partial charge in [-0.2, -0.15) is 0 Å². The predicted octanol–water partition coefficient (Wildman–Crippen LogP) is 3.02. The predicted molar refractivity (Wildman–Crippen MR) is 104 cm³/mol. The molecule has 1 aliphatic heterocycles. The minimum Gasteiger partial charge on any atom is -0.493 e. The average Bonchev–Trinajstić information content (AvgIpc) is 3.09. The first-order valence-corrected chi connectivity index (χ1v) is 8.92. The highest BCUT2D eigenvalue weighted by molar-refractivity contribution is 5.97. The lowest BCUT2D eigenvalue weighted by Crippen LogP contribution is -2.44. The number of amides is 1. The number of benzene rings is 1. The summed E-state index contributed by atoms with van der Waals surface area (Å²) in [7, 11) is 6.52. The SMILES string of the molecule is COc1cc(N(C)C(=O)C2CC3CCCCC3N2)cc(OC)c1OC.Cl. The Labute approximate surface area is 161 Å². The summed E-state index contributed by atoms with van der Waals surface area (Å²) in [6.45, 7) is 0. The van der Waals surface area contributed by atoms with Crippen LogP contribution in [0.25, 0.3) is 0 Å². The number of fused-ring (bicyclic) bond motifs is 1. The molecule has 1 heterocycles. The van der Waals surface area contributed by atoms with E-state index in [1.54, 1.807) is 45.4 Å². The van der Waals surface area contributed by atoms with E-state index in [1.165, 1.54) is 25.7 Å². The van der Waals surface area contributed by atoms with Crippen molar-refractivity contribution in [3.63, 3.8) is 0 Å². The molecule has 0 aromatic heterocycles. The molecule has 3 unspecified atom stereocenters. The maximum atomic E-state index is 13.0. The van der Waals surface area contributed by atoms with Crippen molar-refractivity contribution in [3.05, 3.63) is 12.1 Å². The Balaban J connectivity index is 0.00000243. The molecule has 1 aromatic rings. The number of methoxy groups -OCH3 is 3. The van der Waals surface area contributed by atoms with Gasteiger partial charge in [0.1, 0.15) is 0 Å². The third-order valence-corrected chi connectivity index (χ3v) is 5.53. The van der Waals surface area contributed by atoms with Gasteiger partial charge in [0, 0.05) is 25.2 Å². The molecule has 1 aromatic carbocycles. The summed E-state index contributed by atoms with van der Waals surface area (Å²) in [5.41, 5.74) is 0.733. The van der Waals surface area contributed by atoms with Crippen molar-refractivity contribution in [2.75, 3.05) is 33.3 Å². The van der Waals surface area contributed by atoms with Crippen LogP contribution >= 0.6 is 12.4 Å². The Morgan fingerprint density at radius 1 is 1.08 bits per heavy atom. The highest BCUT2D eigenvalue weighted by Crippen LogP contribution is 2.41. The van der Waals surface area contributed by atoms with Crippen molar-refractivity contribution >= 4 is 24.0 Å². The monoisotopic (exact) mass is 384 g/mol. The topological polar surface area (TPSA) is 60.0 Å². The van der Waals surface area contributed by atoms with Gasteiger partial charge >= 0.3 is 0 Å². The molecule has 2 fully saturated rings. The molecule has 1 aliphatic carbocycles. The first-order chi connectivity index (χ1) is 12.1. The van der Waals surface area contributed by atoms with Crippen LogP contribution in [0.3, 0.4) is 0 Å². The van der Waals surface area contributed by atoms with E-state index in [-0.39, 0.29) is 24.4 Å². The van der Waals surface area contributed by atoms with Crippen LogP contribution < -0.4 is 24.4 Å². The molecule has 0 radical (unpaired) electrons. The van der Waals surface area contributed by atoms with Crippen LogP contribution in [-0.4, -0.2) is 46.4 Å². The molecule has 146 valence electrons. The second-order valence-corrected chi connectivity index (χ2v) is 6.89. The van der Waals surface area contributed by atoms with Crippen LogP contribution in [-0.2, 0) is 4.79 Å². The molecule has 26 heavy (non-hydrogen) atoms. The molecule has 1 saturated heterocycles. The van der Waals surface area contributed by atoms with Crippen LogP contribution in [0, 0.1) is 5.92 Å². The number of anilines is 1. The number of halogens is 1. The summed E-state index contributed by atoms with van der Waals surface area (Å²) in [5.74, 6) is 2.34. The smallest absolute Gasteiger partial charge is 0.243 e. The van der Waals surface area contributed by atoms with Gasteiger partial charge in [-0.15, -0.1) is 12.4 Å². The Morgan fingerprint density at radius 3 is 2.23 bits per heavy atom. The van der Waals surface area contributed by atoms with Gasteiger partial charge in [0.2, 0.25) is 11.7 Å². The molecule has 2 aliphatic rings. The fraction of sp³-hybridized carbons (Fsp3) is 0.632. The maximum Gasteiger partial charge on any atom is 0.243 e. The van der Waals surface area contributed by atoms with E-state index in [0.717, 1.165) is 12.1 Å². The van der Waals surface area contributed by atoms with E-state index < -0.39 is 0 Å². The zero-order chi connectivity index (χ0) is 18.0. The normalized spacial score (nSPS) is 24.2. The van der Waals surface area contributed by atoms with E-state index >= 15 is 0 Å². The molecule has 1 amide bonds. The molecule has 1 saturated carbocycles. The Kier molecular flexibility index (Phi) is 7.01. The van der Waals surface area contributed by atoms with Crippen molar-refractivity contribution in [1.29, 1.82) is 0 Å². The highest BCUT2D eigenvalue weighted by atomic mass is 35.5. The second kappa shape index (κ2) is 8.82. The molecule has 7 heteroatoms. The van der Waals surface area contributed by atoms with Gasteiger partial charge in [0.05, 0.1) is 33.1 Å². The zero-order valence-corrected chi connectivity index (χ0v) is 16.7. The molecule has 3 atom stereocenters. The Morgan fingerprint density at radius 2 is 1.69 bits per heavy atom. The third kappa shape index (κ3) is 3.86. The molecule has 0 bridgehead atoms. The van der Waals surface area contributed by atoms with Gasteiger partial charge in [-0.1, -0.05) is 12.8 Å². The molecule has 1 N–H and O–H groups in total. The number of carbonyl (C=O) groups is 1. The highest BCUT2D eigenvalue weighted by Gasteiger charge is 2.39. The minimum absolute atomic E-state index is 0. The molecule has 6 nitrogen and oxygen atoms in total. The lowest BCUT2D eigenvalue weighted by molar-refractivity contribution is -0.120. The van der Waals surface area contributed by atoms with Crippen molar-refractivity contribution in [2.24, 2.45) is 5.92 Å². The van der Waals surface area contributed by atoms with Crippen LogP contribution in [0.4, 0.5) is 5.69 Å². The number of likely N-dealkylation sites (N-methyl/N-ethyl adjacent to an activating group) is 1. The number of hydrogen-bond acceptors (Lipinski definition) is 5. The van der Waals surface area contributed by atoms with Gasteiger partial charge in [-0.05, 0) is 25.2 Å². The average molecular weight is 385 g/mol. The van der Waals surface area contributed by atoms with Gasteiger partial charge in [0.25, 0.3) is 0 Å². The van der Waals surface area contributed by atoms with E-state index in [1.807, 2.05) is 0 Å².